The Morgan fingerprint density at radius 3 is 2.62 bits per heavy atom. The molecule has 8 heteroatoms. The monoisotopic (exact) mass is 396 g/mol. The second-order valence-corrected chi connectivity index (χ2v) is 10.00. The normalized spacial score (nSPS) is 26.7. The zero-order chi connectivity index (χ0) is 18.9. The van der Waals surface area contributed by atoms with Crippen molar-refractivity contribution < 1.29 is 17.9 Å². The molecule has 142 valence electrons. The smallest absolute Gasteiger partial charge is 0.250 e. The first kappa shape index (κ1) is 19.2. The lowest BCUT2D eigenvalue weighted by Crippen LogP contribution is -2.37. The van der Waals surface area contributed by atoms with Crippen LogP contribution in [0.1, 0.15) is 27.2 Å². The molecule has 0 spiro atoms. The van der Waals surface area contributed by atoms with E-state index in [1.165, 1.54) is 11.8 Å². The van der Waals surface area contributed by atoms with E-state index in [9.17, 15) is 13.2 Å². The summed E-state index contributed by atoms with van der Waals surface area (Å²) in [5.74, 6) is 0.678. The molecule has 0 saturated carbocycles. The van der Waals surface area contributed by atoms with Crippen molar-refractivity contribution in [2.45, 2.75) is 38.5 Å². The van der Waals surface area contributed by atoms with E-state index in [4.69, 9.17) is 4.74 Å². The fraction of sp³-hybridized carbons (Fsp3) is 0.556. The number of carbonyl (C=O) groups is 1. The molecule has 2 aliphatic heterocycles. The topological polar surface area (TPSA) is 76.0 Å². The number of amidine groups is 1. The van der Waals surface area contributed by atoms with Crippen molar-refractivity contribution in [2.24, 2.45) is 10.9 Å². The summed E-state index contributed by atoms with van der Waals surface area (Å²) < 4.78 is 29.6. The third-order valence-electron chi connectivity index (χ3n) is 4.73. The van der Waals surface area contributed by atoms with Crippen LogP contribution in [-0.4, -0.2) is 48.9 Å². The summed E-state index contributed by atoms with van der Waals surface area (Å²) in [7, 11) is -3.06. The molecule has 1 amide bonds. The van der Waals surface area contributed by atoms with Crippen molar-refractivity contribution in [1.82, 2.24) is 0 Å². The summed E-state index contributed by atoms with van der Waals surface area (Å²) in [5, 5.41) is 0.513. The second-order valence-electron chi connectivity index (χ2n) is 6.64. The van der Waals surface area contributed by atoms with Crippen molar-refractivity contribution in [3.05, 3.63) is 24.3 Å². The zero-order valence-electron chi connectivity index (χ0n) is 15.2. The molecule has 1 aromatic carbocycles. The quantitative estimate of drug-likeness (QED) is 0.762. The van der Waals surface area contributed by atoms with E-state index in [0.717, 1.165) is 17.9 Å². The van der Waals surface area contributed by atoms with Crippen molar-refractivity contribution in [1.29, 1.82) is 0 Å². The average molecular weight is 397 g/mol. The zero-order valence-corrected chi connectivity index (χ0v) is 16.8. The van der Waals surface area contributed by atoms with Gasteiger partial charge in [0.1, 0.15) is 5.75 Å². The standard InChI is InChI=1S/C18H24N2O4S2/c1-4-12(3)17(21)19-18-20(13-6-8-14(9-7-13)24-5-2)15-10-26(22,23)11-16(15)25-18/h6-9,12,15-16H,4-5,10-11H2,1-3H3/t12-,15+,16-/m0/s1. The molecule has 0 unspecified atom stereocenters. The van der Waals surface area contributed by atoms with E-state index in [1.54, 1.807) is 0 Å². The Balaban J connectivity index is 1.94. The number of nitrogens with zero attached hydrogens (tertiary/aromatic N) is 2. The van der Waals surface area contributed by atoms with Crippen LogP contribution >= 0.6 is 11.8 Å². The van der Waals surface area contributed by atoms with Crippen LogP contribution in [-0.2, 0) is 14.6 Å². The van der Waals surface area contributed by atoms with Crippen LogP contribution in [0.25, 0.3) is 0 Å². The number of ether oxygens (including phenoxy) is 1. The number of hydrogen-bond donors (Lipinski definition) is 0. The summed E-state index contributed by atoms with van der Waals surface area (Å²) in [5.41, 5.74) is 0.834. The number of anilines is 1. The summed E-state index contributed by atoms with van der Waals surface area (Å²) in [6.45, 7) is 6.32. The first-order valence-corrected chi connectivity index (χ1v) is 11.6. The molecule has 1 aromatic rings. The number of fused-ring (bicyclic) bond motifs is 1. The fourth-order valence-electron chi connectivity index (χ4n) is 3.12. The summed E-state index contributed by atoms with van der Waals surface area (Å²) >= 11 is 1.40. The largest absolute Gasteiger partial charge is 0.494 e. The predicted octanol–water partition coefficient (Wildman–Crippen LogP) is 2.73. The van der Waals surface area contributed by atoms with Crippen molar-refractivity contribution in [3.8, 4) is 5.75 Å². The van der Waals surface area contributed by atoms with E-state index in [0.29, 0.717) is 11.8 Å². The van der Waals surface area contributed by atoms with E-state index >= 15 is 0 Å². The molecular weight excluding hydrogens is 372 g/mol. The number of thioether (sulfide) groups is 1. The Labute approximate surface area is 158 Å². The van der Waals surface area contributed by atoms with E-state index in [-0.39, 0.29) is 34.6 Å². The van der Waals surface area contributed by atoms with E-state index < -0.39 is 9.84 Å². The highest BCUT2D eigenvalue weighted by molar-refractivity contribution is 8.16. The van der Waals surface area contributed by atoms with Gasteiger partial charge in [0.25, 0.3) is 5.91 Å². The molecule has 0 bridgehead atoms. The molecule has 2 saturated heterocycles. The van der Waals surface area contributed by atoms with Gasteiger partial charge >= 0.3 is 0 Å². The van der Waals surface area contributed by atoms with E-state index in [2.05, 4.69) is 4.99 Å². The van der Waals surface area contributed by atoms with Crippen molar-refractivity contribution in [2.75, 3.05) is 23.0 Å². The molecule has 0 aliphatic carbocycles. The number of carbonyl (C=O) groups excluding carboxylic acids is 1. The van der Waals surface area contributed by atoms with Crippen LogP contribution in [0.15, 0.2) is 29.3 Å². The Bertz CT molecular complexity index is 805. The number of benzene rings is 1. The molecule has 2 heterocycles. The summed E-state index contributed by atoms with van der Waals surface area (Å²) in [6, 6.07) is 7.30. The summed E-state index contributed by atoms with van der Waals surface area (Å²) in [6.07, 6.45) is 0.727. The molecule has 2 fully saturated rings. The van der Waals surface area contributed by atoms with Gasteiger partial charge in [-0.25, -0.2) is 8.42 Å². The maximum absolute atomic E-state index is 12.3. The minimum Gasteiger partial charge on any atom is -0.494 e. The highest BCUT2D eigenvalue weighted by atomic mass is 32.2. The highest BCUT2D eigenvalue weighted by Crippen LogP contribution is 2.41. The molecule has 0 N–H and O–H groups in total. The maximum Gasteiger partial charge on any atom is 0.250 e. The fourth-order valence-corrected chi connectivity index (χ4v) is 7.03. The number of hydrogen-bond acceptors (Lipinski definition) is 5. The predicted molar refractivity (Wildman–Crippen MR) is 106 cm³/mol. The molecular formula is C18H24N2O4S2. The van der Waals surface area contributed by atoms with Gasteiger partial charge in [-0.1, -0.05) is 25.6 Å². The third kappa shape index (κ3) is 3.91. The van der Waals surface area contributed by atoms with Gasteiger partial charge in [0.05, 0.1) is 24.2 Å². The maximum atomic E-state index is 12.3. The minimum atomic E-state index is -3.06. The van der Waals surface area contributed by atoms with Crippen LogP contribution in [0.3, 0.4) is 0 Å². The van der Waals surface area contributed by atoms with Crippen LogP contribution in [0, 0.1) is 5.92 Å². The van der Waals surface area contributed by atoms with Crippen LogP contribution in [0.4, 0.5) is 5.69 Å². The number of aliphatic imine (C=N–C) groups is 1. The lowest BCUT2D eigenvalue weighted by Gasteiger charge is -2.24. The second kappa shape index (κ2) is 7.60. The molecule has 0 aromatic heterocycles. The van der Waals surface area contributed by atoms with Gasteiger partial charge in [-0.3, -0.25) is 4.79 Å². The number of rotatable bonds is 5. The third-order valence-corrected chi connectivity index (χ3v) is 7.94. The number of sulfone groups is 1. The molecule has 2 aliphatic rings. The molecule has 0 radical (unpaired) electrons. The molecule has 6 nitrogen and oxygen atoms in total. The van der Waals surface area contributed by atoms with Crippen LogP contribution in [0.5, 0.6) is 5.75 Å². The SMILES string of the molecule is CCOc1ccc(N2C(=NC(=O)[C@@H](C)CC)S[C@H]3CS(=O)(=O)C[C@H]32)cc1. The molecule has 3 atom stereocenters. The Morgan fingerprint density at radius 2 is 2.00 bits per heavy atom. The van der Waals surface area contributed by atoms with Gasteiger partial charge in [-0.2, -0.15) is 4.99 Å². The van der Waals surface area contributed by atoms with Crippen LogP contribution in [0.2, 0.25) is 0 Å². The minimum absolute atomic E-state index is 0.0879. The Hall–Kier alpha value is -1.54. The van der Waals surface area contributed by atoms with Gasteiger partial charge in [-0.15, -0.1) is 0 Å². The molecule has 3 rings (SSSR count). The van der Waals surface area contributed by atoms with Crippen molar-refractivity contribution in [3.63, 3.8) is 0 Å². The first-order chi connectivity index (χ1) is 12.3. The highest BCUT2D eigenvalue weighted by Gasteiger charge is 2.49. The van der Waals surface area contributed by atoms with Gasteiger partial charge in [0.2, 0.25) is 0 Å². The van der Waals surface area contributed by atoms with Crippen LogP contribution < -0.4 is 9.64 Å². The van der Waals surface area contributed by atoms with Gasteiger partial charge in [-0.05, 0) is 37.6 Å². The lowest BCUT2D eigenvalue weighted by atomic mass is 10.1. The van der Waals surface area contributed by atoms with Gasteiger partial charge in [0, 0.05) is 16.9 Å². The Morgan fingerprint density at radius 1 is 1.31 bits per heavy atom. The number of amides is 1. The lowest BCUT2D eigenvalue weighted by molar-refractivity contribution is -0.121. The van der Waals surface area contributed by atoms with Gasteiger partial charge in [0.15, 0.2) is 15.0 Å². The average Bonchev–Trinajstić information content (AvgIpc) is 3.06. The van der Waals surface area contributed by atoms with Crippen molar-refractivity contribution >= 4 is 38.4 Å². The molecule has 26 heavy (non-hydrogen) atoms. The van der Waals surface area contributed by atoms with E-state index in [1.807, 2.05) is 49.9 Å². The Kier molecular flexibility index (Phi) is 5.62. The van der Waals surface area contributed by atoms with Gasteiger partial charge < -0.3 is 9.64 Å². The first-order valence-electron chi connectivity index (χ1n) is 8.86. The summed E-state index contributed by atoms with van der Waals surface area (Å²) in [4.78, 5) is 18.6.